The number of likely N-dealkylation sites (N-methyl/N-ethyl adjacent to an activating group) is 1. The normalized spacial score (nSPS) is 10.8. The highest BCUT2D eigenvalue weighted by Gasteiger charge is 2.12. The third kappa shape index (κ3) is 3.81. The maximum Gasteiger partial charge on any atom is 0.131 e. The van der Waals surface area contributed by atoms with Crippen molar-refractivity contribution in [1.29, 1.82) is 0 Å². The number of rotatable bonds is 6. The Hall–Kier alpha value is -1.42. The monoisotopic (exact) mass is 248 g/mol. The highest BCUT2D eigenvalue weighted by atomic mass is 15.1. The van der Waals surface area contributed by atoms with E-state index in [1.165, 1.54) is 0 Å². The molecule has 1 heterocycles. The van der Waals surface area contributed by atoms with E-state index in [0.717, 1.165) is 35.9 Å². The van der Waals surface area contributed by atoms with Crippen molar-refractivity contribution < 1.29 is 0 Å². The molecule has 0 atom stereocenters. The van der Waals surface area contributed by atoms with Crippen molar-refractivity contribution >= 4 is 5.69 Å². The van der Waals surface area contributed by atoms with E-state index in [-0.39, 0.29) is 0 Å². The molecule has 0 fully saturated rings. The lowest BCUT2D eigenvalue weighted by Gasteiger charge is -2.22. The minimum atomic E-state index is 0.348. The molecule has 0 radical (unpaired) electrons. The van der Waals surface area contributed by atoms with Crippen molar-refractivity contribution in [2.45, 2.75) is 33.2 Å². The molecule has 0 aliphatic rings. The summed E-state index contributed by atoms with van der Waals surface area (Å²) in [6.45, 7) is 11.8. The number of nitrogens with zero attached hydrogens (tertiary/aromatic N) is 3. The van der Waals surface area contributed by atoms with Crippen LogP contribution in [0.25, 0.3) is 0 Å². The molecule has 18 heavy (non-hydrogen) atoms. The number of aromatic nitrogens is 2. The molecule has 4 heteroatoms. The zero-order valence-electron chi connectivity index (χ0n) is 12.1. The van der Waals surface area contributed by atoms with E-state index >= 15 is 0 Å². The first-order valence-electron chi connectivity index (χ1n) is 6.31. The highest BCUT2D eigenvalue weighted by molar-refractivity contribution is 5.49. The van der Waals surface area contributed by atoms with E-state index < -0.39 is 0 Å². The Morgan fingerprint density at radius 2 is 2.17 bits per heavy atom. The van der Waals surface area contributed by atoms with Gasteiger partial charge in [0.15, 0.2) is 0 Å². The molecule has 1 aromatic rings. The average Bonchev–Trinajstić information content (AvgIpc) is 2.28. The largest absolute Gasteiger partial charge is 0.368 e. The summed E-state index contributed by atoms with van der Waals surface area (Å²) in [6.07, 6.45) is 1.91. The summed E-state index contributed by atoms with van der Waals surface area (Å²) in [5.41, 5.74) is 3.23. The quantitative estimate of drug-likeness (QED) is 0.785. The molecule has 100 valence electrons. The molecule has 1 N–H and O–H groups in total. The van der Waals surface area contributed by atoms with Gasteiger partial charge in [-0.15, -0.1) is 0 Å². The van der Waals surface area contributed by atoms with Gasteiger partial charge in [-0.2, -0.15) is 0 Å². The van der Waals surface area contributed by atoms with Crippen LogP contribution < -0.4 is 10.2 Å². The molecule has 0 bridgehead atoms. The molecular weight excluding hydrogens is 224 g/mol. The van der Waals surface area contributed by atoms with Crippen molar-refractivity contribution in [1.82, 2.24) is 15.3 Å². The van der Waals surface area contributed by atoms with Crippen molar-refractivity contribution in [3.05, 3.63) is 29.9 Å². The Morgan fingerprint density at radius 1 is 1.50 bits per heavy atom. The predicted octanol–water partition coefficient (Wildman–Crippen LogP) is 2.33. The van der Waals surface area contributed by atoms with Crippen LogP contribution in [0.5, 0.6) is 0 Å². The molecule has 1 rings (SSSR count). The summed E-state index contributed by atoms with van der Waals surface area (Å²) in [4.78, 5) is 11.2. The van der Waals surface area contributed by atoms with Crippen LogP contribution >= 0.6 is 0 Å². The Bertz CT molecular complexity index is 412. The number of hydrogen-bond donors (Lipinski definition) is 1. The van der Waals surface area contributed by atoms with Crippen LogP contribution in [-0.2, 0) is 6.54 Å². The molecule has 0 spiro atoms. The van der Waals surface area contributed by atoms with E-state index in [1.807, 2.05) is 27.2 Å². The lowest BCUT2D eigenvalue weighted by Crippen LogP contribution is -2.23. The van der Waals surface area contributed by atoms with E-state index in [2.05, 4.69) is 40.6 Å². The highest BCUT2D eigenvalue weighted by Crippen LogP contribution is 2.20. The van der Waals surface area contributed by atoms with Crippen molar-refractivity contribution in [3.8, 4) is 0 Å². The smallest absolute Gasteiger partial charge is 0.131 e. The van der Waals surface area contributed by atoms with Gasteiger partial charge in [0.25, 0.3) is 0 Å². The maximum atomic E-state index is 4.65. The lowest BCUT2D eigenvalue weighted by molar-refractivity contribution is 0.722. The van der Waals surface area contributed by atoms with Crippen molar-refractivity contribution in [2.75, 3.05) is 25.5 Å². The van der Waals surface area contributed by atoms with Gasteiger partial charge in [-0.05, 0) is 14.0 Å². The summed E-state index contributed by atoms with van der Waals surface area (Å²) in [5.74, 6) is 1.24. The fraction of sp³-hybridized carbons (Fsp3) is 0.571. The molecule has 0 amide bonds. The molecule has 0 saturated heterocycles. The Morgan fingerprint density at radius 3 is 2.67 bits per heavy atom. The first-order valence-corrected chi connectivity index (χ1v) is 6.31. The van der Waals surface area contributed by atoms with Gasteiger partial charge in [0.1, 0.15) is 5.82 Å². The molecule has 1 aromatic heterocycles. The van der Waals surface area contributed by atoms with Crippen molar-refractivity contribution in [2.24, 2.45) is 0 Å². The number of hydrogen-bond acceptors (Lipinski definition) is 4. The minimum absolute atomic E-state index is 0.348. The van der Waals surface area contributed by atoms with Crippen LogP contribution in [0.15, 0.2) is 18.3 Å². The van der Waals surface area contributed by atoms with Gasteiger partial charge in [-0.1, -0.05) is 26.0 Å². The van der Waals surface area contributed by atoms with Crippen LogP contribution in [0.2, 0.25) is 0 Å². The van der Waals surface area contributed by atoms with Gasteiger partial charge in [0.2, 0.25) is 0 Å². The molecular formula is C14H24N4. The van der Waals surface area contributed by atoms with Crippen LogP contribution in [0.3, 0.4) is 0 Å². The molecule has 0 aromatic carbocycles. The first kappa shape index (κ1) is 14.6. The molecule has 0 aliphatic heterocycles. The third-order valence-electron chi connectivity index (χ3n) is 2.64. The number of anilines is 1. The van der Waals surface area contributed by atoms with Gasteiger partial charge in [-0.3, -0.25) is 0 Å². The van der Waals surface area contributed by atoms with Crippen molar-refractivity contribution in [3.63, 3.8) is 0 Å². The fourth-order valence-corrected chi connectivity index (χ4v) is 1.81. The van der Waals surface area contributed by atoms with Crippen LogP contribution in [0, 0.1) is 0 Å². The SMILES string of the molecule is C=C(C)CN(C)c1cnc(C(C)C)nc1CNC. The van der Waals surface area contributed by atoms with E-state index in [1.54, 1.807) is 0 Å². The second-order valence-electron chi connectivity index (χ2n) is 5.06. The Kier molecular flexibility index (Phi) is 5.28. The summed E-state index contributed by atoms with van der Waals surface area (Å²) in [6, 6.07) is 0. The fourth-order valence-electron chi connectivity index (χ4n) is 1.81. The van der Waals surface area contributed by atoms with Crippen LogP contribution in [0.4, 0.5) is 5.69 Å². The summed E-state index contributed by atoms with van der Waals surface area (Å²) < 4.78 is 0. The molecule has 0 saturated carbocycles. The van der Waals surface area contributed by atoms with E-state index in [4.69, 9.17) is 0 Å². The standard InChI is InChI=1S/C14H24N4/c1-10(2)9-18(6)13-8-16-14(11(3)4)17-12(13)7-15-5/h8,11,15H,1,7,9H2,2-6H3. The number of nitrogens with one attached hydrogen (secondary N) is 1. The predicted molar refractivity (Wildman–Crippen MR) is 77.0 cm³/mol. The minimum Gasteiger partial charge on any atom is -0.368 e. The summed E-state index contributed by atoms with van der Waals surface area (Å²) in [5, 5.41) is 3.16. The zero-order chi connectivity index (χ0) is 13.7. The summed E-state index contributed by atoms with van der Waals surface area (Å²) in [7, 11) is 3.97. The topological polar surface area (TPSA) is 41.1 Å². The van der Waals surface area contributed by atoms with Gasteiger partial charge in [0.05, 0.1) is 17.6 Å². The maximum absolute atomic E-state index is 4.65. The van der Waals surface area contributed by atoms with Gasteiger partial charge in [-0.25, -0.2) is 9.97 Å². The average molecular weight is 248 g/mol. The van der Waals surface area contributed by atoms with Gasteiger partial charge < -0.3 is 10.2 Å². The van der Waals surface area contributed by atoms with Gasteiger partial charge >= 0.3 is 0 Å². The second-order valence-corrected chi connectivity index (χ2v) is 5.06. The Balaban J connectivity index is 3.06. The summed E-state index contributed by atoms with van der Waals surface area (Å²) >= 11 is 0. The molecule has 0 aliphatic carbocycles. The third-order valence-corrected chi connectivity index (χ3v) is 2.64. The zero-order valence-corrected chi connectivity index (χ0v) is 12.1. The Labute approximate surface area is 110 Å². The second kappa shape index (κ2) is 6.50. The van der Waals surface area contributed by atoms with Gasteiger partial charge in [0, 0.05) is 26.1 Å². The molecule has 0 unspecified atom stereocenters. The van der Waals surface area contributed by atoms with E-state index in [9.17, 15) is 0 Å². The van der Waals surface area contributed by atoms with E-state index in [0.29, 0.717) is 5.92 Å². The lowest BCUT2D eigenvalue weighted by atomic mass is 10.2. The van der Waals surface area contributed by atoms with Crippen LogP contribution in [0.1, 0.15) is 38.2 Å². The molecule has 4 nitrogen and oxygen atoms in total. The first-order chi connectivity index (χ1) is 8.45. The van der Waals surface area contributed by atoms with Crippen LogP contribution in [-0.4, -0.2) is 30.6 Å².